The maximum atomic E-state index is 14.4. The first kappa shape index (κ1) is 102. The molecule has 17 atom stereocenters. The molecule has 33 heteroatoms. The number of aliphatic hydroxyl groups is 9. The summed E-state index contributed by atoms with van der Waals surface area (Å²) in [7, 11) is 0. The van der Waals surface area contributed by atoms with Gasteiger partial charge in [0.15, 0.2) is 18.9 Å². The standard InChI is InChI=1S/C80H148N8O25/c1-55(92)84-66-72(101)69(98)60(52-89)111-77(66)107-46-35-25-19-13-7-10-16-22-28-40-63(95)81-43-33-31-38-58(75(104)83-45-49-106-50-51-110-80(4,5)6)88-76(105)59(87-65(97)42-30-24-18-12-9-15-21-27-37-48-109-79-68(86-57(3)94)74(103)71(100)62(54-91)113-79)39-32-34-44-82-64(96)41-29-23-17-11-8-14-20-26-36-47-108-78-67(85-56(2)93)73(102)70(99)61(53-90)112-78/h58-62,66-74,77-79,89-91,98-103H,7-54H2,1-6H3,(H,81,95)(H,82,96)(H,83,104)(H,84,92)(H,85,93)(H,86,94)(H,87,97)(H,88,105)/t58?,59?,60-,61?,62?,66?,67?,68?,69?,70?,71?,72?,73?,74?,77?,78?,79?/m1/s1. The van der Waals surface area contributed by atoms with Crippen LogP contribution in [0.25, 0.3) is 0 Å². The molecule has 3 heterocycles. The lowest BCUT2D eigenvalue weighted by Gasteiger charge is -2.42. The zero-order valence-corrected chi connectivity index (χ0v) is 68.8. The third kappa shape index (κ3) is 45.6. The second-order valence-electron chi connectivity index (χ2n) is 31.4. The van der Waals surface area contributed by atoms with Crippen molar-refractivity contribution in [2.24, 2.45) is 0 Å². The fraction of sp³-hybridized carbons (Fsp3) is 0.900. The number of carbonyl (C=O) groups is 8. The minimum absolute atomic E-state index is 0.0584. The highest BCUT2D eigenvalue weighted by Gasteiger charge is 2.48. The maximum absolute atomic E-state index is 14.4. The van der Waals surface area contributed by atoms with Crippen molar-refractivity contribution in [1.82, 2.24) is 42.5 Å². The molecule has 33 nitrogen and oxygen atoms in total. The van der Waals surface area contributed by atoms with Crippen molar-refractivity contribution in [3.8, 4) is 0 Å². The molecular weight excluding hydrogens is 1470 g/mol. The van der Waals surface area contributed by atoms with Gasteiger partial charge in [-0.2, -0.15) is 0 Å². The number of amides is 8. The van der Waals surface area contributed by atoms with E-state index in [1.54, 1.807) is 0 Å². The van der Waals surface area contributed by atoms with Gasteiger partial charge in [-0.25, -0.2) is 0 Å². The van der Waals surface area contributed by atoms with E-state index in [1.165, 1.54) is 20.8 Å². The number of hydrogen-bond donors (Lipinski definition) is 17. The van der Waals surface area contributed by atoms with E-state index in [0.29, 0.717) is 97.5 Å². The van der Waals surface area contributed by atoms with Crippen LogP contribution in [-0.4, -0.2) is 282 Å². The van der Waals surface area contributed by atoms with Crippen molar-refractivity contribution in [2.45, 2.75) is 382 Å². The first-order valence-corrected chi connectivity index (χ1v) is 42.4. The van der Waals surface area contributed by atoms with E-state index in [9.17, 15) is 84.3 Å². The fourth-order valence-corrected chi connectivity index (χ4v) is 13.8. The zero-order chi connectivity index (χ0) is 83.2. The minimum atomic E-state index is -1.39. The topological polar surface area (TPSA) is 489 Å². The second-order valence-corrected chi connectivity index (χ2v) is 31.4. The normalized spacial score (nSPS) is 24.4. The summed E-state index contributed by atoms with van der Waals surface area (Å²) in [5.41, 5.74) is -0.335. The number of hydrogen-bond acceptors (Lipinski definition) is 25. The van der Waals surface area contributed by atoms with Gasteiger partial charge in [0.2, 0.25) is 47.3 Å². The summed E-state index contributed by atoms with van der Waals surface area (Å²) in [4.78, 5) is 103. The SMILES string of the molecule is CC(=O)NC1C(OCCCCCCCCCCCC(=O)NCCCCC(NC(=O)CCCCCCCCCCCOC2OC(CO)C(O)C(O)C2NC(C)=O)C(=O)NC(CCCCNC(=O)CCCCCCCCCCCOC2O[C@H](CO)C(O)C(O)C2NC(C)=O)C(=O)NCCOCCOC(C)(C)C)OC(CO)C(O)C1O. The molecule has 0 aromatic carbocycles. The molecule has 113 heavy (non-hydrogen) atoms. The van der Waals surface area contributed by atoms with Gasteiger partial charge in [0.25, 0.3) is 0 Å². The Labute approximate surface area is 670 Å². The van der Waals surface area contributed by atoms with Gasteiger partial charge in [-0.15, -0.1) is 0 Å². The molecule has 8 amide bonds. The maximum Gasteiger partial charge on any atom is 0.243 e. The van der Waals surface area contributed by atoms with E-state index in [-0.39, 0.29) is 55.7 Å². The summed E-state index contributed by atoms with van der Waals surface area (Å²) in [6.07, 6.45) is 13.8. The molecule has 3 fully saturated rings. The summed E-state index contributed by atoms with van der Waals surface area (Å²) < 4.78 is 45.8. The van der Waals surface area contributed by atoms with E-state index in [1.807, 2.05) is 20.8 Å². The molecule has 0 radical (unpaired) electrons. The molecule has 3 rings (SSSR count). The Bertz CT molecular complexity index is 2580. The molecule has 0 aliphatic carbocycles. The molecule has 0 bridgehead atoms. The summed E-state index contributed by atoms with van der Waals surface area (Å²) in [6, 6.07) is -4.85. The van der Waals surface area contributed by atoms with Crippen molar-refractivity contribution >= 4 is 47.3 Å². The van der Waals surface area contributed by atoms with Crippen molar-refractivity contribution in [2.75, 3.05) is 79.1 Å². The third-order valence-electron chi connectivity index (χ3n) is 20.3. The van der Waals surface area contributed by atoms with Gasteiger partial charge in [0, 0.05) is 79.5 Å². The average Bonchev–Trinajstić information content (AvgIpc) is 0.820. The van der Waals surface area contributed by atoms with Crippen LogP contribution in [0.5, 0.6) is 0 Å². The summed E-state index contributed by atoms with van der Waals surface area (Å²) in [5, 5.41) is 114. The number of carbonyl (C=O) groups excluding carboxylic acids is 8. The molecular formula is C80H148N8O25. The number of rotatable bonds is 65. The van der Waals surface area contributed by atoms with Crippen LogP contribution in [0.15, 0.2) is 0 Å². The molecule has 0 saturated carbocycles. The highest BCUT2D eigenvalue weighted by atomic mass is 16.7. The van der Waals surface area contributed by atoms with Crippen LogP contribution in [0.2, 0.25) is 0 Å². The monoisotopic (exact) mass is 1620 g/mol. The van der Waals surface area contributed by atoms with Crippen molar-refractivity contribution < 1.29 is 122 Å². The highest BCUT2D eigenvalue weighted by molar-refractivity contribution is 5.92. The Morgan fingerprint density at radius 3 is 0.965 bits per heavy atom. The first-order valence-electron chi connectivity index (χ1n) is 42.4. The Morgan fingerprint density at radius 1 is 0.336 bits per heavy atom. The van der Waals surface area contributed by atoms with Crippen LogP contribution < -0.4 is 42.5 Å². The summed E-state index contributed by atoms with van der Waals surface area (Å²) in [5.74, 6) is -2.57. The molecule has 658 valence electrons. The van der Waals surface area contributed by atoms with E-state index in [4.69, 9.17) is 37.9 Å². The van der Waals surface area contributed by atoms with Gasteiger partial charge in [0.05, 0.1) is 45.2 Å². The van der Waals surface area contributed by atoms with Crippen LogP contribution >= 0.6 is 0 Å². The number of nitrogens with one attached hydrogen (secondary N) is 8. The van der Waals surface area contributed by atoms with Gasteiger partial charge in [0.1, 0.15) is 85.1 Å². The minimum Gasteiger partial charge on any atom is -0.394 e. The molecule has 0 spiro atoms. The van der Waals surface area contributed by atoms with Gasteiger partial charge in [-0.05, 0) is 97.8 Å². The van der Waals surface area contributed by atoms with Crippen LogP contribution in [0, 0.1) is 0 Å². The first-order chi connectivity index (χ1) is 54.2. The summed E-state index contributed by atoms with van der Waals surface area (Å²) in [6.45, 7) is 11.0. The molecule has 3 saturated heterocycles. The average molecular weight is 1620 g/mol. The molecule has 3 aliphatic heterocycles. The molecule has 3 aliphatic rings. The number of aliphatic hydroxyl groups excluding tert-OH is 9. The van der Waals surface area contributed by atoms with Crippen LogP contribution in [0.4, 0.5) is 0 Å². The molecule has 16 unspecified atom stereocenters. The predicted molar refractivity (Wildman–Crippen MR) is 420 cm³/mol. The van der Waals surface area contributed by atoms with E-state index >= 15 is 0 Å². The lowest BCUT2D eigenvalue weighted by molar-refractivity contribution is -0.270. The zero-order valence-electron chi connectivity index (χ0n) is 68.8. The van der Waals surface area contributed by atoms with Gasteiger partial charge >= 0.3 is 0 Å². The van der Waals surface area contributed by atoms with Gasteiger partial charge in [-0.3, -0.25) is 38.4 Å². The third-order valence-corrected chi connectivity index (χ3v) is 20.3. The Balaban J connectivity index is 1.46. The Hall–Kier alpha value is -4.92. The Kier molecular flexibility index (Phi) is 55.6. The van der Waals surface area contributed by atoms with Crippen LogP contribution in [0.1, 0.15) is 273 Å². The number of ether oxygens (including phenoxy) is 8. The molecule has 0 aromatic heterocycles. The van der Waals surface area contributed by atoms with Crippen LogP contribution in [0.3, 0.4) is 0 Å². The van der Waals surface area contributed by atoms with Crippen molar-refractivity contribution in [3.63, 3.8) is 0 Å². The fourth-order valence-electron chi connectivity index (χ4n) is 13.8. The van der Waals surface area contributed by atoms with Gasteiger partial charge < -0.3 is 126 Å². The summed E-state index contributed by atoms with van der Waals surface area (Å²) >= 11 is 0. The number of unbranched alkanes of at least 4 members (excludes halogenated alkanes) is 26. The largest absolute Gasteiger partial charge is 0.394 e. The quantitative estimate of drug-likeness (QED) is 0.0389. The Morgan fingerprint density at radius 2 is 0.646 bits per heavy atom. The highest BCUT2D eigenvalue weighted by Crippen LogP contribution is 2.27. The predicted octanol–water partition coefficient (Wildman–Crippen LogP) is 3.06. The van der Waals surface area contributed by atoms with E-state index in [0.717, 1.165) is 161 Å². The lowest BCUT2D eigenvalue weighted by Crippen LogP contribution is -2.64. The second kappa shape index (κ2) is 61.4. The van der Waals surface area contributed by atoms with Gasteiger partial charge in [-0.1, -0.05) is 135 Å². The van der Waals surface area contributed by atoms with E-state index < -0.39 is 153 Å². The van der Waals surface area contributed by atoms with Crippen LogP contribution in [-0.2, 0) is 76.3 Å². The molecule has 0 aromatic rings. The smallest absolute Gasteiger partial charge is 0.243 e. The molecule has 17 N–H and O–H groups in total. The van der Waals surface area contributed by atoms with E-state index in [2.05, 4.69) is 42.5 Å². The lowest BCUT2D eigenvalue weighted by atomic mass is 9.97. The van der Waals surface area contributed by atoms with Crippen molar-refractivity contribution in [1.29, 1.82) is 0 Å². The van der Waals surface area contributed by atoms with Crippen molar-refractivity contribution in [3.05, 3.63) is 0 Å².